The predicted molar refractivity (Wildman–Crippen MR) is 122 cm³/mol. The number of rotatable bonds is 0. The van der Waals surface area contributed by atoms with Crippen LogP contribution in [0.3, 0.4) is 0 Å². The summed E-state index contributed by atoms with van der Waals surface area (Å²) in [5.74, 6) is 1.74. The molecule has 2 heterocycles. The molecule has 1 spiro atoms. The molecule has 1 aromatic rings. The molecule has 5 heteroatoms. The molecule has 0 aromatic carbocycles. The fraction of sp³-hybridized carbons (Fsp3) is 0.704. The van der Waals surface area contributed by atoms with Crippen molar-refractivity contribution in [3.63, 3.8) is 0 Å². The highest BCUT2D eigenvalue weighted by Gasteiger charge is 2.70. The summed E-state index contributed by atoms with van der Waals surface area (Å²) in [6, 6.07) is 0. The Morgan fingerprint density at radius 3 is 2.44 bits per heavy atom. The average molecular weight is 441 g/mol. The van der Waals surface area contributed by atoms with Gasteiger partial charge in [-0.25, -0.2) is 4.79 Å². The number of fused-ring (bicyclic) bond motifs is 5. The van der Waals surface area contributed by atoms with Gasteiger partial charge in [-0.05, 0) is 56.9 Å². The quantitative estimate of drug-likeness (QED) is 0.593. The Hall–Kier alpha value is -1.88. The minimum atomic E-state index is -0.688. The van der Waals surface area contributed by atoms with Gasteiger partial charge >= 0.3 is 5.63 Å². The Labute approximate surface area is 190 Å². The van der Waals surface area contributed by atoms with Gasteiger partial charge in [0.2, 0.25) is 0 Å². The van der Waals surface area contributed by atoms with Crippen molar-refractivity contribution in [2.24, 2.45) is 28.1 Å². The highest BCUT2D eigenvalue weighted by atomic mass is 16.5. The van der Waals surface area contributed by atoms with Crippen molar-refractivity contribution in [1.82, 2.24) is 0 Å². The molecule has 2 fully saturated rings. The first-order valence-corrected chi connectivity index (χ1v) is 12.0. The summed E-state index contributed by atoms with van der Waals surface area (Å²) in [6.07, 6.45) is 4.92. The maximum absolute atomic E-state index is 12.8. The van der Waals surface area contributed by atoms with Crippen molar-refractivity contribution in [2.75, 3.05) is 0 Å². The van der Waals surface area contributed by atoms with Crippen LogP contribution in [0.4, 0.5) is 0 Å². The monoisotopic (exact) mass is 440 g/mol. The van der Waals surface area contributed by atoms with Crippen molar-refractivity contribution < 1.29 is 19.1 Å². The van der Waals surface area contributed by atoms with Crippen molar-refractivity contribution in [2.45, 2.75) is 92.3 Å². The van der Waals surface area contributed by atoms with E-state index in [2.05, 4.69) is 27.7 Å². The zero-order chi connectivity index (χ0) is 23.4. The first-order chi connectivity index (χ1) is 14.8. The van der Waals surface area contributed by atoms with Crippen LogP contribution in [-0.2, 0) is 11.2 Å². The zero-order valence-electron chi connectivity index (χ0n) is 20.4. The molecule has 174 valence electrons. The summed E-state index contributed by atoms with van der Waals surface area (Å²) in [5, 5.41) is 11.5. The molecule has 6 unspecified atom stereocenters. The summed E-state index contributed by atoms with van der Waals surface area (Å²) in [6.45, 7) is 14.5. The third-order valence-electron chi connectivity index (χ3n) is 10.3. The fourth-order valence-corrected chi connectivity index (χ4v) is 8.49. The van der Waals surface area contributed by atoms with Crippen molar-refractivity contribution in [3.05, 3.63) is 39.0 Å². The molecule has 0 saturated heterocycles. The molecule has 1 N–H and O–H groups in total. The second-order valence-electron chi connectivity index (χ2n) is 12.0. The predicted octanol–water partition coefficient (Wildman–Crippen LogP) is 4.68. The Bertz CT molecular complexity index is 1110. The van der Waals surface area contributed by atoms with Gasteiger partial charge in [0, 0.05) is 35.2 Å². The number of ether oxygens (including phenoxy) is 1. The van der Waals surface area contributed by atoms with Gasteiger partial charge in [-0.1, -0.05) is 33.8 Å². The highest BCUT2D eigenvalue weighted by molar-refractivity contribution is 5.85. The first-order valence-electron chi connectivity index (χ1n) is 12.0. The second kappa shape index (κ2) is 6.37. The van der Waals surface area contributed by atoms with Gasteiger partial charge in [-0.3, -0.25) is 4.79 Å². The van der Waals surface area contributed by atoms with Gasteiger partial charge in [0.1, 0.15) is 22.9 Å². The van der Waals surface area contributed by atoms with Crippen molar-refractivity contribution >= 4 is 5.78 Å². The standard InChI is InChI=1S/C27H36O5/c1-14-12-18(28)22-25(6)10-9-20(29)24(4,5)19(25)8-11-26(22,7)27(14)13-17-21(32-27)15(2)16(3)31-23(17)30/h12,18-19,22,28H,8-11,13H2,1-7H3. The van der Waals surface area contributed by atoms with Crippen LogP contribution >= 0.6 is 0 Å². The summed E-state index contributed by atoms with van der Waals surface area (Å²) in [4.78, 5) is 25.7. The van der Waals surface area contributed by atoms with E-state index in [1.807, 2.05) is 19.9 Å². The number of carbonyl (C=O) groups is 1. The lowest BCUT2D eigenvalue weighted by Gasteiger charge is -2.67. The van der Waals surface area contributed by atoms with E-state index < -0.39 is 17.1 Å². The topological polar surface area (TPSA) is 76.7 Å². The first kappa shape index (κ1) is 21.9. The van der Waals surface area contributed by atoms with Gasteiger partial charge in [-0.2, -0.15) is 0 Å². The van der Waals surface area contributed by atoms with Crippen LogP contribution in [0.2, 0.25) is 0 Å². The van der Waals surface area contributed by atoms with E-state index in [0.29, 0.717) is 35.7 Å². The number of hydrogen-bond acceptors (Lipinski definition) is 5. The van der Waals surface area contributed by atoms with E-state index in [1.165, 1.54) is 0 Å². The van der Waals surface area contributed by atoms with E-state index in [9.17, 15) is 14.7 Å². The van der Waals surface area contributed by atoms with Gasteiger partial charge in [0.15, 0.2) is 0 Å². The molecule has 2 saturated carbocycles. The minimum Gasteiger partial charge on any atom is -0.481 e. The lowest BCUT2D eigenvalue weighted by Crippen LogP contribution is -2.69. The summed E-state index contributed by atoms with van der Waals surface area (Å²) in [5.41, 5.74) is 0.509. The molecule has 5 rings (SSSR count). The Kier molecular flexibility index (Phi) is 4.37. The summed E-state index contributed by atoms with van der Waals surface area (Å²) < 4.78 is 12.4. The van der Waals surface area contributed by atoms with Gasteiger partial charge < -0.3 is 14.3 Å². The third kappa shape index (κ3) is 2.39. The lowest BCUT2D eigenvalue weighted by molar-refractivity contribution is -0.207. The Morgan fingerprint density at radius 1 is 1.06 bits per heavy atom. The van der Waals surface area contributed by atoms with E-state index in [0.717, 1.165) is 30.4 Å². The zero-order valence-corrected chi connectivity index (χ0v) is 20.4. The normalized spacial score (nSPS) is 42.1. The number of hydrogen-bond donors (Lipinski definition) is 1. The van der Waals surface area contributed by atoms with E-state index >= 15 is 0 Å². The third-order valence-corrected chi connectivity index (χ3v) is 10.3. The smallest absolute Gasteiger partial charge is 0.343 e. The molecule has 32 heavy (non-hydrogen) atoms. The molecule has 6 atom stereocenters. The van der Waals surface area contributed by atoms with E-state index in [-0.39, 0.29) is 28.3 Å². The van der Waals surface area contributed by atoms with Crippen LogP contribution in [0.25, 0.3) is 0 Å². The summed E-state index contributed by atoms with van der Waals surface area (Å²) in [7, 11) is 0. The molecular formula is C27H36O5. The molecule has 0 bridgehead atoms. The van der Waals surface area contributed by atoms with Crippen LogP contribution in [0.1, 0.15) is 77.2 Å². The second-order valence-corrected chi connectivity index (χ2v) is 12.0. The SMILES string of the molecule is CC1=CC(O)C2C3(C)CCC(=O)C(C)(C)C3CCC2(C)C12Cc1c(c(C)c(C)oc1=O)O2. The Balaban J connectivity index is 1.69. The van der Waals surface area contributed by atoms with Gasteiger partial charge in [0.25, 0.3) is 0 Å². The van der Waals surface area contributed by atoms with Gasteiger partial charge in [-0.15, -0.1) is 0 Å². The molecule has 4 aliphatic rings. The van der Waals surface area contributed by atoms with E-state index in [1.54, 1.807) is 6.92 Å². The maximum atomic E-state index is 12.8. The number of ketones is 1. The number of aryl methyl sites for hydroxylation is 1. The number of aliphatic hydroxyl groups excluding tert-OH is 1. The molecular weight excluding hydrogens is 404 g/mol. The van der Waals surface area contributed by atoms with E-state index in [4.69, 9.17) is 9.15 Å². The van der Waals surface area contributed by atoms with Crippen molar-refractivity contribution in [1.29, 1.82) is 0 Å². The van der Waals surface area contributed by atoms with Crippen LogP contribution in [0.5, 0.6) is 5.75 Å². The number of carbonyl (C=O) groups excluding carboxylic acids is 1. The highest BCUT2D eigenvalue weighted by Crippen LogP contribution is 2.70. The number of aliphatic hydroxyl groups is 1. The summed E-state index contributed by atoms with van der Waals surface area (Å²) >= 11 is 0. The minimum absolute atomic E-state index is 0.0624. The molecule has 0 amide bonds. The van der Waals surface area contributed by atoms with Crippen LogP contribution < -0.4 is 10.4 Å². The maximum Gasteiger partial charge on any atom is 0.343 e. The molecule has 1 aromatic heterocycles. The Morgan fingerprint density at radius 2 is 1.75 bits per heavy atom. The van der Waals surface area contributed by atoms with Crippen LogP contribution in [-0.4, -0.2) is 22.6 Å². The average Bonchev–Trinajstić information content (AvgIpc) is 3.11. The number of Topliss-reactive ketones (excluding diaryl/α,β-unsaturated/α-hetero) is 1. The van der Waals surface area contributed by atoms with Crippen LogP contribution in [0.15, 0.2) is 20.9 Å². The molecule has 3 aliphatic carbocycles. The van der Waals surface area contributed by atoms with Crippen LogP contribution in [0, 0.1) is 41.9 Å². The molecule has 5 nitrogen and oxygen atoms in total. The largest absolute Gasteiger partial charge is 0.481 e. The van der Waals surface area contributed by atoms with Gasteiger partial charge in [0.05, 0.1) is 11.7 Å². The van der Waals surface area contributed by atoms with Crippen molar-refractivity contribution in [3.8, 4) is 5.75 Å². The molecule has 1 aliphatic heterocycles. The lowest BCUT2D eigenvalue weighted by atomic mass is 9.38. The fourth-order valence-electron chi connectivity index (χ4n) is 8.49. The molecule has 0 radical (unpaired) electrons.